The summed E-state index contributed by atoms with van der Waals surface area (Å²) in [5, 5.41) is 15.6. The fourth-order valence-electron chi connectivity index (χ4n) is 8.32. The van der Waals surface area contributed by atoms with Crippen LogP contribution >= 0.6 is 0 Å². The van der Waals surface area contributed by atoms with Crippen molar-refractivity contribution in [3.63, 3.8) is 0 Å². The van der Waals surface area contributed by atoms with Crippen LogP contribution in [0, 0.1) is 5.41 Å². The third-order valence-corrected chi connectivity index (χ3v) is 9.16. The second kappa shape index (κ2) is 4.94. The maximum atomic E-state index is 14.0. The van der Waals surface area contributed by atoms with E-state index in [9.17, 15) is 14.7 Å². The molecule has 0 unspecified atom stereocenters. The first-order chi connectivity index (χ1) is 14.5. The van der Waals surface area contributed by atoms with Gasteiger partial charge in [0.05, 0.1) is 18.3 Å². The maximum absolute atomic E-state index is 14.0. The highest BCUT2D eigenvalue weighted by Gasteiger charge is 2.88. The number of fused-ring (bicyclic) bond motifs is 5. The largest absolute Gasteiger partial charge is 0.466 e. The van der Waals surface area contributed by atoms with Gasteiger partial charge in [0.1, 0.15) is 0 Å². The van der Waals surface area contributed by atoms with Crippen LogP contribution in [0.15, 0.2) is 12.1 Å². The standard InChI is InChI=1S/C22H24N2O6/c1-28-18(26)22(27)17(25)19-5-2-9-24-10-8-20(16(19)24)12-3-4-13-15(30-11-29-13)14(12)23-21(20,22)7-6-19/h3-4,16,23,27H,2,5-11H2,1H3/t16-,19-,20+,21-,22+/m0/s1. The van der Waals surface area contributed by atoms with Crippen molar-refractivity contribution in [1.82, 2.24) is 4.90 Å². The van der Waals surface area contributed by atoms with Gasteiger partial charge in [-0.15, -0.1) is 0 Å². The van der Waals surface area contributed by atoms with E-state index in [4.69, 9.17) is 14.2 Å². The van der Waals surface area contributed by atoms with Gasteiger partial charge in [0.2, 0.25) is 12.4 Å². The van der Waals surface area contributed by atoms with Crippen LogP contribution in [0.2, 0.25) is 0 Å². The topological polar surface area (TPSA) is 97.3 Å². The lowest BCUT2D eigenvalue weighted by atomic mass is 9.37. The number of hydrogen-bond donors (Lipinski definition) is 2. The molecule has 8 heteroatoms. The molecule has 0 amide bonds. The lowest BCUT2D eigenvalue weighted by Crippen LogP contribution is -2.87. The van der Waals surface area contributed by atoms with Crippen LogP contribution in [-0.2, 0) is 19.7 Å². The number of nitrogens with zero attached hydrogens (tertiary/aromatic N) is 1. The highest BCUT2D eigenvalue weighted by molar-refractivity contribution is 6.15. The van der Waals surface area contributed by atoms with Crippen LogP contribution in [0.5, 0.6) is 11.5 Å². The SMILES string of the molecule is COC(=O)[C@]1(O)C(=O)[C@@]23CCCN4CC[C@@]5(c6ccc7c(c6N[C@]15CC2)OCO7)[C@@H]43. The van der Waals surface area contributed by atoms with Crippen LogP contribution in [0.4, 0.5) is 5.69 Å². The monoisotopic (exact) mass is 412 g/mol. The number of anilines is 1. The summed E-state index contributed by atoms with van der Waals surface area (Å²) in [5.41, 5.74) is -2.93. The number of hydrogen-bond acceptors (Lipinski definition) is 8. The number of carbonyl (C=O) groups is 2. The Labute approximate surface area is 173 Å². The van der Waals surface area contributed by atoms with Gasteiger partial charge < -0.3 is 24.6 Å². The number of benzene rings is 1. The number of piperidine rings is 1. The van der Waals surface area contributed by atoms with Crippen molar-refractivity contribution in [3.05, 3.63) is 17.7 Å². The molecular weight excluding hydrogens is 388 g/mol. The molecule has 3 saturated carbocycles. The van der Waals surface area contributed by atoms with Gasteiger partial charge in [0, 0.05) is 16.9 Å². The number of carbonyl (C=O) groups excluding carboxylic acids is 2. The molecule has 2 bridgehead atoms. The minimum atomic E-state index is -2.24. The van der Waals surface area contributed by atoms with Crippen molar-refractivity contribution in [2.75, 3.05) is 32.3 Å². The Bertz CT molecular complexity index is 1040. The maximum Gasteiger partial charge on any atom is 0.348 e. The van der Waals surface area contributed by atoms with Crippen molar-refractivity contribution < 1.29 is 28.9 Å². The van der Waals surface area contributed by atoms with Gasteiger partial charge in [-0.2, -0.15) is 0 Å². The molecule has 4 heterocycles. The first-order valence-corrected chi connectivity index (χ1v) is 10.8. The normalized spacial score (nSPS) is 44.3. The van der Waals surface area contributed by atoms with E-state index in [2.05, 4.69) is 10.2 Å². The first-order valence-electron chi connectivity index (χ1n) is 10.8. The molecule has 8 nitrogen and oxygen atoms in total. The molecule has 5 atom stereocenters. The average molecular weight is 412 g/mol. The van der Waals surface area contributed by atoms with Crippen molar-refractivity contribution >= 4 is 17.4 Å². The molecule has 8 rings (SSSR count). The average Bonchev–Trinajstić information content (AvgIpc) is 3.47. The van der Waals surface area contributed by atoms with Crippen molar-refractivity contribution in [1.29, 1.82) is 0 Å². The van der Waals surface area contributed by atoms with E-state index < -0.39 is 27.9 Å². The molecule has 0 radical (unpaired) electrons. The summed E-state index contributed by atoms with van der Waals surface area (Å²) in [5.74, 6) is 0.0254. The van der Waals surface area contributed by atoms with Crippen molar-refractivity contribution in [3.8, 4) is 11.5 Å². The summed E-state index contributed by atoms with van der Waals surface area (Å²) >= 11 is 0. The summed E-state index contributed by atoms with van der Waals surface area (Å²) < 4.78 is 16.4. The van der Waals surface area contributed by atoms with Crippen LogP contribution in [0.25, 0.3) is 0 Å². The molecule has 2 saturated heterocycles. The zero-order valence-corrected chi connectivity index (χ0v) is 16.8. The second-order valence-corrected chi connectivity index (χ2v) is 9.70. The third kappa shape index (κ3) is 1.40. The van der Waals surface area contributed by atoms with Crippen molar-refractivity contribution in [2.24, 2.45) is 5.41 Å². The zero-order valence-electron chi connectivity index (χ0n) is 16.8. The lowest BCUT2D eigenvalue weighted by Gasteiger charge is -2.69. The van der Waals surface area contributed by atoms with Crippen LogP contribution in [-0.4, -0.2) is 65.9 Å². The van der Waals surface area contributed by atoms with Gasteiger partial charge in [-0.05, 0) is 56.8 Å². The first kappa shape index (κ1) is 17.4. The number of Topliss-reactive ketones (excluding diaryl/α,β-unsaturated/α-hetero) is 1. The molecule has 3 aliphatic carbocycles. The van der Waals surface area contributed by atoms with Crippen LogP contribution in [0.3, 0.4) is 0 Å². The number of methoxy groups -OCH3 is 1. The summed E-state index contributed by atoms with van der Waals surface area (Å²) in [6, 6.07) is 3.91. The van der Waals surface area contributed by atoms with Crippen LogP contribution < -0.4 is 14.8 Å². The number of esters is 1. The zero-order chi connectivity index (χ0) is 20.5. The van der Waals surface area contributed by atoms with E-state index in [0.29, 0.717) is 30.8 Å². The molecule has 4 aliphatic heterocycles. The van der Waals surface area contributed by atoms with Gasteiger partial charge in [-0.1, -0.05) is 6.07 Å². The molecule has 1 aromatic carbocycles. The van der Waals surface area contributed by atoms with E-state index in [-0.39, 0.29) is 18.6 Å². The van der Waals surface area contributed by atoms with Gasteiger partial charge in [-0.25, -0.2) is 4.79 Å². The molecule has 1 aromatic rings. The molecule has 158 valence electrons. The molecular formula is C22H24N2O6. The highest BCUT2D eigenvalue weighted by atomic mass is 16.7. The predicted molar refractivity (Wildman–Crippen MR) is 103 cm³/mol. The van der Waals surface area contributed by atoms with Gasteiger partial charge in [0.15, 0.2) is 17.3 Å². The lowest BCUT2D eigenvalue weighted by molar-refractivity contribution is -0.214. The van der Waals surface area contributed by atoms with E-state index in [0.717, 1.165) is 37.2 Å². The van der Waals surface area contributed by atoms with Gasteiger partial charge in [-0.3, -0.25) is 9.69 Å². The van der Waals surface area contributed by atoms with Gasteiger partial charge in [0.25, 0.3) is 0 Å². The fraction of sp³-hybridized carbons (Fsp3) is 0.636. The Kier molecular flexibility index (Phi) is 2.86. The second-order valence-electron chi connectivity index (χ2n) is 9.70. The number of rotatable bonds is 1. The fourth-order valence-corrected chi connectivity index (χ4v) is 8.32. The summed E-state index contributed by atoms with van der Waals surface area (Å²) in [6.07, 6.45) is 3.55. The van der Waals surface area contributed by atoms with Crippen LogP contribution in [0.1, 0.15) is 37.7 Å². The minimum absolute atomic E-state index is 0.0425. The van der Waals surface area contributed by atoms with Gasteiger partial charge >= 0.3 is 5.97 Å². The van der Waals surface area contributed by atoms with E-state index in [1.807, 2.05) is 12.1 Å². The number of ketones is 1. The van der Waals surface area contributed by atoms with E-state index >= 15 is 0 Å². The summed E-state index contributed by atoms with van der Waals surface area (Å²) in [6.45, 7) is 1.91. The van der Waals surface area contributed by atoms with E-state index in [1.165, 1.54) is 7.11 Å². The number of ether oxygens (including phenoxy) is 3. The smallest absolute Gasteiger partial charge is 0.348 e. The quantitative estimate of drug-likeness (QED) is 0.520. The Morgan fingerprint density at radius 3 is 2.93 bits per heavy atom. The van der Waals surface area contributed by atoms with Crippen molar-refractivity contribution in [2.45, 2.75) is 54.7 Å². The Morgan fingerprint density at radius 1 is 1.23 bits per heavy atom. The molecule has 7 aliphatic rings. The molecule has 0 aromatic heterocycles. The highest BCUT2D eigenvalue weighted by Crippen LogP contribution is 2.75. The van der Waals surface area contributed by atoms with E-state index in [1.54, 1.807) is 0 Å². The summed E-state index contributed by atoms with van der Waals surface area (Å²) in [4.78, 5) is 29.6. The molecule has 5 fully saturated rings. The number of nitrogens with one attached hydrogen (secondary N) is 1. The Hall–Kier alpha value is -2.32. The predicted octanol–water partition coefficient (Wildman–Crippen LogP) is 0.952. The Balaban J connectivity index is 1.59. The molecule has 2 N–H and O–H groups in total. The third-order valence-electron chi connectivity index (χ3n) is 9.16. The molecule has 30 heavy (non-hydrogen) atoms. The summed E-state index contributed by atoms with van der Waals surface area (Å²) in [7, 11) is 1.24. The Morgan fingerprint density at radius 2 is 2.10 bits per heavy atom. The molecule has 3 spiro atoms. The minimum Gasteiger partial charge on any atom is -0.466 e. The number of aliphatic hydroxyl groups is 1.